The van der Waals surface area contributed by atoms with Crippen molar-refractivity contribution < 1.29 is 9.84 Å². The largest absolute Gasteiger partial charge is 0.496 e. The zero-order valence-corrected chi connectivity index (χ0v) is 16.0. The maximum absolute atomic E-state index is 9.71. The monoisotopic (exact) mass is 321 g/mol. The van der Waals surface area contributed by atoms with E-state index < -0.39 is 0 Å². The van der Waals surface area contributed by atoms with E-state index in [1.54, 1.807) is 7.11 Å². The van der Waals surface area contributed by atoms with Gasteiger partial charge in [0.15, 0.2) is 0 Å². The number of ether oxygens (including phenoxy) is 1. The summed E-state index contributed by atoms with van der Waals surface area (Å²) in [6, 6.07) is 6.38. The normalized spacial score (nSPS) is 14.8. The number of aliphatic hydroxyl groups is 1. The van der Waals surface area contributed by atoms with Crippen LogP contribution in [0.4, 0.5) is 0 Å². The molecule has 0 aromatic heterocycles. The van der Waals surface area contributed by atoms with Crippen molar-refractivity contribution in [3.05, 3.63) is 29.3 Å². The first-order valence-corrected chi connectivity index (χ1v) is 8.79. The third-order valence-corrected chi connectivity index (χ3v) is 4.33. The molecule has 0 aliphatic heterocycles. The van der Waals surface area contributed by atoms with E-state index in [0.717, 1.165) is 24.4 Å². The van der Waals surface area contributed by atoms with E-state index in [1.807, 2.05) is 13.0 Å². The molecule has 23 heavy (non-hydrogen) atoms. The Morgan fingerprint density at radius 2 is 1.87 bits per heavy atom. The van der Waals surface area contributed by atoms with E-state index in [2.05, 4.69) is 51.7 Å². The van der Waals surface area contributed by atoms with Crippen LogP contribution in [0.5, 0.6) is 5.75 Å². The first kappa shape index (κ1) is 20.0. The quantitative estimate of drug-likeness (QED) is 0.777. The van der Waals surface area contributed by atoms with Crippen LogP contribution in [0.25, 0.3) is 0 Å². The Kier molecular flexibility index (Phi) is 7.56. The second-order valence-electron chi connectivity index (χ2n) is 7.64. The highest BCUT2D eigenvalue weighted by Gasteiger charge is 2.23. The SMILES string of the molecule is CCCN(CC(C)c1ccc(OC)c(C[C@H](C)O)c1)C(C)(C)C. The first-order chi connectivity index (χ1) is 10.7. The van der Waals surface area contributed by atoms with E-state index in [0.29, 0.717) is 12.3 Å². The lowest BCUT2D eigenvalue weighted by Crippen LogP contribution is -2.43. The molecule has 0 saturated carbocycles. The van der Waals surface area contributed by atoms with Gasteiger partial charge in [0.05, 0.1) is 13.2 Å². The number of hydrogen-bond acceptors (Lipinski definition) is 3. The van der Waals surface area contributed by atoms with Crippen LogP contribution in [0.15, 0.2) is 18.2 Å². The summed E-state index contributed by atoms with van der Waals surface area (Å²) in [6.07, 6.45) is 1.43. The fraction of sp³-hybridized carbons (Fsp3) is 0.700. The number of methoxy groups -OCH3 is 1. The Morgan fingerprint density at radius 1 is 1.22 bits per heavy atom. The van der Waals surface area contributed by atoms with Crippen molar-refractivity contribution >= 4 is 0 Å². The lowest BCUT2D eigenvalue weighted by Gasteiger charge is -2.37. The Bertz CT molecular complexity index is 477. The predicted molar refractivity (Wildman–Crippen MR) is 98.4 cm³/mol. The van der Waals surface area contributed by atoms with Gasteiger partial charge in [-0.2, -0.15) is 0 Å². The summed E-state index contributed by atoms with van der Waals surface area (Å²) < 4.78 is 5.43. The van der Waals surface area contributed by atoms with Crippen LogP contribution in [-0.2, 0) is 6.42 Å². The standard InChI is InChI=1S/C20H35NO2/c1-8-11-21(20(4,5)6)14-15(2)17-9-10-19(23-7)18(13-17)12-16(3)22/h9-10,13,15-16,22H,8,11-12,14H2,1-7H3/t15?,16-/m0/s1. The van der Waals surface area contributed by atoms with Gasteiger partial charge in [0, 0.05) is 18.5 Å². The lowest BCUT2D eigenvalue weighted by molar-refractivity contribution is 0.129. The van der Waals surface area contributed by atoms with Crippen LogP contribution in [0.2, 0.25) is 0 Å². The van der Waals surface area contributed by atoms with Gasteiger partial charge in [-0.05, 0) is 63.8 Å². The van der Waals surface area contributed by atoms with Crippen LogP contribution in [0.1, 0.15) is 65.0 Å². The molecular formula is C20H35NO2. The van der Waals surface area contributed by atoms with Gasteiger partial charge < -0.3 is 9.84 Å². The van der Waals surface area contributed by atoms with Crippen molar-refractivity contribution in [2.45, 2.75) is 71.9 Å². The Labute approximate surface area is 142 Å². The second kappa shape index (κ2) is 8.70. The highest BCUT2D eigenvalue weighted by atomic mass is 16.5. The fourth-order valence-corrected chi connectivity index (χ4v) is 2.99. The zero-order chi connectivity index (χ0) is 17.6. The highest BCUT2D eigenvalue weighted by Crippen LogP contribution is 2.27. The molecule has 1 N–H and O–H groups in total. The van der Waals surface area contributed by atoms with E-state index >= 15 is 0 Å². The molecule has 1 aromatic carbocycles. The molecule has 0 aliphatic rings. The van der Waals surface area contributed by atoms with Crippen molar-refractivity contribution in [3.63, 3.8) is 0 Å². The van der Waals surface area contributed by atoms with Crippen molar-refractivity contribution in [2.75, 3.05) is 20.2 Å². The van der Waals surface area contributed by atoms with Crippen LogP contribution >= 0.6 is 0 Å². The summed E-state index contributed by atoms with van der Waals surface area (Å²) in [4.78, 5) is 2.55. The number of rotatable bonds is 8. The minimum Gasteiger partial charge on any atom is -0.496 e. The van der Waals surface area contributed by atoms with Crippen molar-refractivity contribution in [3.8, 4) is 5.75 Å². The van der Waals surface area contributed by atoms with Gasteiger partial charge in [-0.3, -0.25) is 4.90 Å². The molecule has 0 bridgehead atoms. The summed E-state index contributed by atoms with van der Waals surface area (Å²) in [6.45, 7) is 15.3. The molecule has 0 fully saturated rings. The van der Waals surface area contributed by atoms with Gasteiger partial charge in [0.1, 0.15) is 5.75 Å². The average Bonchev–Trinajstić information content (AvgIpc) is 2.45. The van der Waals surface area contributed by atoms with Gasteiger partial charge in [0.25, 0.3) is 0 Å². The summed E-state index contributed by atoms with van der Waals surface area (Å²) in [5, 5.41) is 9.71. The van der Waals surface area contributed by atoms with Crippen LogP contribution in [0.3, 0.4) is 0 Å². The minimum absolute atomic E-state index is 0.180. The second-order valence-corrected chi connectivity index (χ2v) is 7.64. The molecule has 3 heteroatoms. The summed E-state index contributed by atoms with van der Waals surface area (Å²) in [5.41, 5.74) is 2.58. The highest BCUT2D eigenvalue weighted by molar-refractivity contribution is 5.39. The molecule has 0 spiro atoms. The van der Waals surface area contributed by atoms with E-state index in [9.17, 15) is 5.11 Å². The lowest BCUT2D eigenvalue weighted by atomic mass is 9.94. The molecule has 3 nitrogen and oxygen atoms in total. The Balaban J connectivity index is 2.96. The van der Waals surface area contributed by atoms with Crippen molar-refractivity contribution in [1.29, 1.82) is 0 Å². The minimum atomic E-state index is -0.361. The Morgan fingerprint density at radius 3 is 2.35 bits per heavy atom. The molecular weight excluding hydrogens is 286 g/mol. The van der Waals surface area contributed by atoms with Gasteiger partial charge in [-0.1, -0.05) is 26.0 Å². The van der Waals surface area contributed by atoms with E-state index in [1.165, 1.54) is 12.0 Å². The fourth-order valence-electron chi connectivity index (χ4n) is 2.99. The molecule has 0 amide bonds. The molecule has 1 aromatic rings. The van der Waals surface area contributed by atoms with E-state index in [4.69, 9.17) is 4.74 Å². The molecule has 0 aliphatic carbocycles. The maximum Gasteiger partial charge on any atom is 0.122 e. The summed E-state index contributed by atoms with van der Waals surface area (Å²) in [5.74, 6) is 1.31. The van der Waals surface area contributed by atoms with Gasteiger partial charge >= 0.3 is 0 Å². The topological polar surface area (TPSA) is 32.7 Å². The molecule has 0 radical (unpaired) electrons. The maximum atomic E-state index is 9.71. The number of nitrogens with zero attached hydrogens (tertiary/aromatic N) is 1. The molecule has 0 heterocycles. The van der Waals surface area contributed by atoms with Crippen molar-refractivity contribution in [2.24, 2.45) is 0 Å². The number of aliphatic hydroxyl groups excluding tert-OH is 1. The molecule has 0 saturated heterocycles. The summed E-state index contributed by atoms with van der Waals surface area (Å²) in [7, 11) is 1.69. The first-order valence-electron chi connectivity index (χ1n) is 8.79. The molecule has 1 rings (SSSR count). The smallest absolute Gasteiger partial charge is 0.122 e. The zero-order valence-electron chi connectivity index (χ0n) is 16.0. The molecule has 2 atom stereocenters. The predicted octanol–water partition coefficient (Wildman–Crippen LogP) is 4.23. The van der Waals surface area contributed by atoms with Crippen molar-refractivity contribution in [1.82, 2.24) is 4.90 Å². The Hall–Kier alpha value is -1.06. The van der Waals surface area contributed by atoms with Crippen LogP contribution in [0, 0.1) is 0 Å². The van der Waals surface area contributed by atoms with Gasteiger partial charge in [-0.15, -0.1) is 0 Å². The number of hydrogen-bond donors (Lipinski definition) is 1. The van der Waals surface area contributed by atoms with E-state index in [-0.39, 0.29) is 11.6 Å². The van der Waals surface area contributed by atoms with Gasteiger partial charge in [0.2, 0.25) is 0 Å². The third kappa shape index (κ3) is 6.15. The van der Waals surface area contributed by atoms with Crippen LogP contribution < -0.4 is 4.74 Å². The van der Waals surface area contributed by atoms with Crippen LogP contribution in [-0.4, -0.2) is 41.8 Å². The van der Waals surface area contributed by atoms with Gasteiger partial charge in [-0.25, -0.2) is 0 Å². The summed E-state index contributed by atoms with van der Waals surface area (Å²) >= 11 is 0. The number of benzene rings is 1. The molecule has 1 unspecified atom stereocenters. The third-order valence-electron chi connectivity index (χ3n) is 4.33. The molecule has 132 valence electrons. The average molecular weight is 322 g/mol.